The average Bonchev–Trinajstić information content (AvgIpc) is 3.39. The van der Waals surface area contributed by atoms with E-state index in [0.29, 0.717) is 18.8 Å². The van der Waals surface area contributed by atoms with Crippen LogP contribution in [0.2, 0.25) is 0 Å². The van der Waals surface area contributed by atoms with Crippen molar-refractivity contribution >= 4 is 11.7 Å². The van der Waals surface area contributed by atoms with E-state index in [-0.39, 0.29) is 17.6 Å². The highest BCUT2D eigenvalue weighted by Gasteiger charge is 2.33. The number of methoxy groups -OCH3 is 1. The van der Waals surface area contributed by atoms with Crippen molar-refractivity contribution in [1.29, 1.82) is 0 Å². The van der Waals surface area contributed by atoms with Crippen molar-refractivity contribution in [2.75, 3.05) is 18.6 Å². The molecule has 1 aromatic carbocycles. The fourth-order valence-corrected chi connectivity index (χ4v) is 3.84. The molecule has 1 aliphatic rings. The van der Waals surface area contributed by atoms with Gasteiger partial charge in [-0.25, -0.2) is 9.37 Å². The molecule has 1 fully saturated rings. The molecule has 0 saturated carbocycles. The van der Waals surface area contributed by atoms with E-state index in [0.717, 1.165) is 35.2 Å². The van der Waals surface area contributed by atoms with E-state index < -0.39 is 5.82 Å². The number of anilines is 1. The van der Waals surface area contributed by atoms with Crippen LogP contribution in [0.4, 0.5) is 10.2 Å². The average molecular weight is 394 g/mol. The Balaban J connectivity index is 1.53. The summed E-state index contributed by atoms with van der Waals surface area (Å²) in [5.74, 6) is 0.390. The smallest absolute Gasteiger partial charge is 0.231 e. The third-order valence-corrected chi connectivity index (χ3v) is 5.39. The van der Waals surface area contributed by atoms with Crippen LogP contribution in [0.5, 0.6) is 5.75 Å². The molecule has 0 bridgehead atoms. The van der Waals surface area contributed by atoms with E-state index in [1.807, 2.05) is 25.3 Å². The molecular weight excluding hydrogens is 371 g/mol. The summed E-state index contributed by atoms with van der Waals surface area (Å²) < 4.78 is 18.7. The summed E-state index contributed by atoms with van der Waals surface area (Å²) in [7, 11) is 1.44. The minimum absolute atomic E-state index is 0.0545. The first-order valence-corrected chi connectivity index (χ1v) is 9.73. The van der Waals surface area contributed by atoms with Crippen molar-refractivity contribution in [1.82, 2.24) is 15.2 Å². The van der Waals surface area contributed by atoms with Gasteiger partial charge in [-0.3, -0.25) is 14.8 Å². The maximum Gasteiger partial charge on any atom is 0.231 e. The molecule has 3 aromatic rings. The Kier molecular flexibility index (Phi) is 5.29. The first kappa shape index (κ1) is 19.1. The van der Waals surface area contributed by atoms with Gasteiger partial charge in [0.05, 0.1) is 19.0 Å². The highest BCUT2D eigenvalue weighted by atomic mass is 19.1. The number of carbonyl (C=O) groups excluding carboxylic acids is 1. The van der Waals surface area contributed by atoms with Crippen molar-refractivity contribution in [2.24, 2.45) is 5.92 Å². The molecule has 3 heterocycles. The Bertz CT molecular complexity index is 1020. The second-order valence-corrected chi connectivity index (χ2v) is 7.15. The first-order valence-electron chi connectivity index (χ1n) is 9.73. The molecule has 1 saturated heterocycles. The molecule has 0 radical (unpaired) electrons. The minimum atomic E-state index is -0.398. The fourth-order valence-electron chi connectivity index (χ4n) is 3.84. The van der Waals surface area contributed by atoms with Crippen LogP contribution in [0.1, 0.15) is 24.6 Å². The molecule has 0 spiro atoms. The Morgan fingerprint density at radius 3 is 2.90 bits per heavy atom. The summed E-state index contributed by atoms with van der Waals surface area (Å²) in [6, 6.07) is 8.65. The second kappa shape index (κ2) is 8.03. The van der Waals surface area contributed by atoms with Gasteiger partial charge >= 0.3 is 0 Å². The number of nitrogens with zero attached hydrogens (tertiary/aromatic N) is 3. The highest BCUT2D eigenvalue weighted by molar-refractivity contribution is 5.96. The third-order valence-electron chi connectivity index (χ3n) is 5.39. The van der Waals surface area contributed by atoms with E-state index in [4.69, 9.17) is 9.72 Å². The van der Waals surface area contributed by atoms with Crippen LogP contribution in [0.3, 0.4) is 0 Å². The molecule has 29 heavy (non-hydrogen) atoms. The summed E-state index contributed by atoms with van der Waals surface area (Å²) in [5.41, 5.74) is 3.83. The first-order chi connectivity index (χ1) is 14.1. The number of aromatic amines is 1. The monoisotopic (exact) mass is 394 g/mol. The molecular formula is C22H23FN4O2. The maximum atomic E-state index is 13.6. The third kappa shape index (κ3) is 3.72. The zero-order valence-electron chi connectivity index (χ0n) is 16.5. The Labute approximate surface area is 168 Å². The van der Waals surface area contributed by atoms with Crippen LogP contribution in [-0.2, 0) is 17.6 Å². The molecule has 4 rings (SSSR count). The zero-order chi connectivity index (χ0) is 20.4. The van der Waals surface area contributed by atoms with Gasteiger partial charge in [-0.15, -0.1) is 0 Å². The number of carbonyl (C=O) groups is 1. The number of aryl methyl sites for hydroxylation is 1. The van der Waals surface area contributed by atoms with E-state index >= 15 is 0 Å². The SMILES string of the molecule is CCc1nc(N2CCC(Cc3ccc(F)c(OC)c3)C2=O)ccc1-c1cn[nH]c1. The van der Waals surface area contributed by atoms with Crippen molar-refractivity contribution in [2.45, 2.75) is 26.2 Å². The number of rotatable bonds is 6. The topological polar surface area (TPSA) is 71.1 Å². The lowest BCUT2D eigenvalue weighted by Gasteiger charge is -2.18. The summed E-state index contributed by atoms with van der Waals surface area (Å²) in [6.45, 7) is 2.68. The van der Waals surface area contributed by atoms with Gasteiger partial charge in [0.1, 0.15) is 5.82 Å². The van der Waals surface area contributed by atoms with Crippen LogP contribution < -0.4 is 9.64 Å². The standard InChI is InChI=1S/C22H23FN4O2/c1-3-19-17(16-12-24-25-13-16)5-7-21(26-19)27-9-8-15(22(27)28)10-14-4-6-18(23)20(11-14)29-2/h4-7,11-13,15H,3,8-10H2,1-2H3,(H,24,25). The van der Waals surface area contributed by atoms with Gasteiger partial charge < -0.3 is 4.74 Å². The van der Waals surface area contributed by atoms with E-state index in [2.05, 4.69) is 10.2 Å². The predicted octanol–water partition coefficient (Wildman–Crippen LogP) is 3.78. The number of halogens is 1. The molecule has 1 aliphatic heterocycles. The Morgan fingerprint density at radius 2 is 2.17 bits per heavy atom. The highest BCUT2D eigenvalue weighted by Crippen LogP contribution is 2.30. The largest absolute Gasteiger partial charge is 0.494 e. The number of H-pyrrole nitrogens is 1. The van der Waals surface area contributed by atoms with Crippen LogP contribution in [-0.4, -0.2) is 34.7 Å². The van der Waals surface area contributed by atoms with Crippen molar-refractivity contribution in [3.63, 3.8) is 0 Å². The molecule has 2 aromatic heterocycles. The molecule has 1 unspecified atom stereocenters. The number of hydrogen-bond donors (Lipinski definition) is 1. The van der Waals surface area contributed by atoms with Crippen molar-refractivity contribution in [3.8, 4) is 16.9 Å². The van der Waals surface area contributed by atoms with Crippen LogP contribution in [0.25, 0.3) is 11.1 Å². The Hall–Kier alpha value is -3.22. The number of ether oxygens (including phenoxy) is 1. The van der Waals surface area contributed by atoms with E-state index in [1.165, 1.54) is 13.2 Å². The van der Waals surface area contributed by atoms with E-state index in [9.17, 15) is 9.18 Å². The van der Waals surface area contributed by atoms with Gasteiger partial charge in [0.15, 0.2) is 11.6 Å². The number of benzene rings is 1. The lowest BCUT2D eigenvalue weighted by atomic mass is 9.98. The van der Waals surface area contributed by atoms with Crippen LogP contribution in [0.15, 0.2) is 42.7 Å². The summed E-state index contributed by atoms with van der Waals surface area (Å²) in [4.78, 5) is 19.5. The molecule has 1 amide bonds. The number of pyridine rings is 1. The summed E-state index contributed by atoms with van der Waals surface area (Å²) in [5, 5.41) is 6.83. The van der Waals surface area contributed by atoms with Crippen molar-refractivity contribution in [3.05, 3.63) is 59.8 Å². The van der Waals surface area contributed by atoms with Gasteiger partial charge in [-0.1, -0.05) is 13.0 Å². The number of amides is 1. The molecule has 1 N–H and O–H groups in total. The summed E-state index contributed by atoms with van der Waals surface area (Å²) >= 11 is 0. The molecule has 7 heteroatoms. The molecule has 150 valence electrons. The van der Waals surface area contributed by atoms with Gasteiger partial charge in [-0.05, 0) is 49.1 Å². The number of aromatic nitrogens is 3. The van der Waals surface area contributed by atoms with Crippen LogP contribution in [0, 0.1) is 11.7 Å². The minimum Gasteiger partial charge on any atom is -0.494 e. The van der Waals surface area contributed by atoms with Crippen LogP contribution >= 0.6 is 0 Å². The zero-order valence-corrected chi connectivity index (χ0v) is 16.5. The number of hydrogen-bond acceptors (Lipinski definition) is 4. The Morgan fingerprint density at radius 1 is 1.31 bits per heavy atom. The van der Waals surface area contributed by atoms with Gasteiger partial charge in [-0.2, -0.15) is 5.10 Å². The maximum absolute atomic E-state index is 13.6. The van der Waals surface area contributed by atoms with E-state index in [1.54, 1.807) is 23.2 Å². The lowest BCUT2D eigenvalue weighted by molar-refractivity contribution is -0.120. The molecule has 6 nitrogen and oxygen atoms in total. The summed E-state index contributed by atoms with van der Waals surface area (Å²) in [6.07, 6.45) is 5.66. The molecule has 0 aliphatic carbocycles. The molecule has 1 atom stereocenters. The predicted molar refractivity (Wildman–Crippen MR) is 108 cm³/mol. The van der Waals surface area contributed by atoms with Gasteiger partial charge in [0, 0.05) is 29.8 Å². The van der Waals surface area contributed by atoms with Gasteiger partial charge in [0.25, 0.3) is 0 Å². The fraction of sp³-hybridized carbons (Fsp3) is 0.318. The second-order valence-electron chi connectivity index (χ2n) is 7.15. The quantitative estimate of drug-likeness (QED) is 0.691. The lowest BCUT2D eigenvalue weighted by Crippen LogP contribution is -2.28. The van der Waals surface area contributed by atoms with Crippen molar-refractivity contribution < 1.29 is 13.9 Å². The normalized spacial score (nSPS) is 16.4. The van der Waals surface area contributed by atoms with Gasteiger partial charge in [0.2, 0.25) is 5.91 Å². The number of nitrogens with one attached hydrogen (secondary N) is 1.